The fourth-order valence-electron chi connectivity index (χ4n) is 0.322. The maximum atomic E-state index is 6.89. The van der Waals surface area contributed by atoms with Crippen LogP contribution < -0.4 is 0 Å². The molecule has 3 heteroatoms. The van der Waals surface area contributed by atoms with Crippen LogP contribution in [0.3, 0.4) is 0 Å². The van der Waals surface area contributed by atoms with E-state index in [1.165, 1.54) is 10.6 Å². The molecule has 0 rings (SSSR count). The number of hydrogen-bond acceptors (Lipinski definition) is 1. The van der Waals surface area contributed by atoms with Gasteiger partial charge in [0, 0.05) is 0 Å². The van der Waals surface area contributed by atoms with Crippen molar-refractivity contribution in [3.8, 4) is 0 Å². The van der Waals surface area contributed by atoms with Crippen molar-refractivity contribution < 1.29 is 4.55 Å². The predicted molar refractivity (Wildman–Crippen MR) is 39.4 cm³/mol. The van der Waals surface area contributed by atoms with Crippen molar-refractivity contribution in [3.63, 3.8) is 0 Å². The second-order valence-electron chi connectivity index (χ2n) is 1.10. The van der Waals surface area contributed by atoms with Gasteiger partial charge in [-0.3, -0.25) is 9.45 Å². The molecular formula is C4H12OS2. The molecule has 0 bridgehead atoms. The fraction of sp³-hybridized carbons (Fsp3) is 1.00. The Morgan fingerprint density at radius 3 is 1.86 bits per heavy atom. The molecule has 0 atom stereocenters. The Kier molecular flexibility index (Phi) is 5.26. The van der Waals surface area contributed by atoms with E-state index in [4.69, 9.17) is 4.55 Å². The van der Waals surface area contributed by atoms with E-state index in [9.17, 15) is 0 Å². The molecule has 0 radical (unpaired) electrons. The molecule has 0 saturated heterocycles. The summed E-state index contributed by atoms with van der Waals surface area (Å²) in [6, 6.07) is 0. The van der Waals surface area contributed by atoms with Crippen LogP contribution >= 0.6 is 0 Å². The first-order chi connectivity index (χ1) is 3.35. The van der Waals surface area contributed by atoms with Crippen molar-refractivity contribution in [1.82, 2.24) is 0 Å². The summed E-state index contributed by atoms with van der Waals surface area (Å²) >= 11 is 0. The van der Waals surface area contributed by atoms with Crippen molar-refractivity contribution in [2.24, 2.45) is 0 Å². The largest absolute Gasteiger partial charge is 0.536 e. The zero-order valence-corrected chi connectivity index (χ0v) is 6.36. The highest BCUT2D eigenvalue weighted by Crippen LogP contribution is 1.80. The molecule has 0 aromatic heterocycles. The molecule has 46 valence electrons. The first kappa shape index (κ1) is 7.66. The van der Waals surface area contributed by atoms with Gasteiger partial charge in [-0.05, 0) is 11.5 Å². The third-order valence-electron chi connectivity index (χ3n) is 0.762. The number of rotatable bonds is 2. The summed E-state index contributed by atoms with van der Waals surface area (Å²) in [5.74, 6) is 2.31. The van der Waals surface area contributed by atoms with Gasteiger partial charge in [0.25, 0.3) is 0 Å². The summed E-state index contributed by atoms with van der Waals surface area (Å²) in [5.41, 5.74) is 0. The minimum atomic E-state index is 0.338. The van der Waals surface area contributed by atoms with Gasteiger partial charge in [-0.2, -0.15) is 0 Å². The third kappa shape index (κ3) is 3.26. The van der Waals surface area contributed by atoms with Crippen LogP contribution in [0, 0.1) is 0 Å². The standard InChI is InChI=1S/C4H12OS2/c1-3-7(4-2)6-5/h3-5H2,1-2H3. The highest BCUT2D eigenvalue weighted by atomic mass is 32.9. The lowest BCUT2D eigenvalue weighted by Crippen LogP contribution is -1.95. The van der Waals surface area contributed by atoms with Crippen LogP contribution in [0.25, 0.3) is 0 Å². The van der Waals surface area contributed by atoms with Gasteiger partial charge in [0.05, 0.1) is 0 Å². The lowest BCUT2D eigenvalue weighted by atomic mass is 11.0. The van der Waals surface area contributed by atoms with Gasteiger partial charge >= 0.3 is 0 Å². The van der Waals surface area contributed by atoms with Crippen LogP contribution in [0.1, 0.15) is 13.8 Å². The van der Waals surface area contributed by atoms with Crippen molar-refractivity contribution in [3.05, 3.63) is 0 Å². The van der Waals surface area contributed by atoms with Gasteiger partial charge in [0.15, 0.2) is 0 Å². The van der Waals surface area contributed by atoms with Crippen molar-refractivity contribution in [2.45, 2.75) is 13.8 Å². The van der Waals surface area contributed by atoms with Crippen LogP contribution in [0.15, 0.2) is 0 Å². The highest BCUT2D eigenvalue weighted by molar-refractivity contribution is 8.33. The zero-order valence-electron chi connectivity index (χ0n) is 4.73. The highest BCUT2D eigenvalue weighted by Gasteiger charge is 1.73. The van der Waals surface area contributed by atoms with E-state index in [0.29, 0.717) is 9.45 Å². The van der Waals surface area contributed by atoms with Crippen LogP contribution in [-0.4, -0.2) is 16.1 Å². The molecule has 0 aliphatic heterocycles. The van der Waals surface area contributed by atoms with Crippen molar-refractivity contribution >= 4 is 20.1 Å². The topological polar surface area (TPSA) is 22.9 Å². The van der Waals surface area contributed by atoms with Gasteiger partial charge in [-0.1, -0.05) is 13.8 Å². The molecule has 0 fully saturated rings. The van der Waals surface area contributed by atoms with Crippen molar-refractivity contribution in [2.75, 3.05) is 11.5 Å². The van der Waals surface area contributed by atoms with Crippen LogP contribution in [-0.2, 0) is 20.1 Å². The van der Waals surface area contributed by atoms with Gasteiger partial charge in [0.2, 0.25) is 0 Å². The quantitative estimate of drug-likeness (QED) is 0.299. The molecule has 0 aliphatic rings. The summed E-state index contributed by atoms with van der Waals surface area (Å²) in [5, 5.41) is 0. The van der Waals surface area contributed by atoms with Crippen molar-refractivity contribution in [1.29, 1.82) is 0 Å². The average molecular weight is 140 g/mol. The van der Waals surface area contributed by atoms with Crippen LogP contribution in [0.5, 0.6) is 0 Å². The smallest absolute Gasteiger partial charge is 0.0339 e. The maximum Gasteiger partial charge on any atom is -0.0339 e. The molecule has 0 aliphatic carbocycles. The Bertz CT molecular complexity index is 64.1. The van der Waals surface area contributed by atoms with E-state index in [0.717, 1.165) is 11.5 Å². The van der Waals surface area contributed by atoms with E-state index >= 15 is 0 Å². The zero-order chi connectivity index (χ0) is 5.70. The van der Waals surface area contributed by atoms with Gasteiger partial charge in [0.1, 0.15) is 0 Å². The molecule has 0 heterocycles. The van der Waals surface area contributed by atoms with Gasteiger partial charge in [-0.25, -0.2) is 10.6 Å². The first-order valence-electron chi connectivity index (χ1n) is 2.36. The lowest BCUT2D eigenvalue weighted by molar-refractivity contribution is 0.672. The molecule has 7 heavy (non-hydrogen) atoms. The molecule has 0 amide bonds. The minimum absolute atomic E-state index is 0.338. The Morgan fingerprint density at radius 1 is 1.43 bits per heavy atom. The normalized spacial score (nSPS) is 10.3. The van der Waals surface area contributed by atoms with E-state index in [1.807, 2.05) is 0 Å². The summed E-state index contributed by atoms with van der Waals surface area (Å²) in [6.07, 6.45) is 0. The third-order valence-corrected chi connectivity index (χ3v) is 4.41. The Labute approximate surface area is 50.5 Å². The summed E-state index contributed by atoms with van der Waals surface area (Å²) in [4.78, 5) is 0. The molecule has 0 unspecified atom stereocenters. The Balaban J connectivity index is 3.38. The molecule has 1 nitrogen and oxygen atoms in total. The van der Waals surface area contributed by atoms with Crippen LogP contribution in [0.4, 0.5) is 0 Å². The minimum Gasteiger partial charge on any atom is -0.536 e. The second-order valence-corrected chi connectivity index (χ2v) is 5.22. The fourth-order valence-corrected chi connectivity index (χ4v) is 1.67. The molecule has 0 saturated carbocycles. The molecule has 2 N–H and O–H groups in total. The Hall–Kier alpha value is 0.660. The Morgan fingerprint density at radius 2 is 1.86 bits per heavy atom. The van der Waals surface area contributed by atoms with Gasteiger partial charge < -0.3 is 4.55 Å². The molecule has 0 aromatic rings. The van der Waals surface area contributed by atoms with E-state index < -0.39 is 0 Å². The molecular weight excluding hydrogens is 128 g/mol. The van der Waals surface area contributed by atoms with E-state index in [1.54, 1.807) is 0 Å². The maximum absolute atomic E-state index is 6.89. The summed E-state index contributed by atoms with van der Waals surface area (Å²) in [6.45, 7) is 4.27. The van der Waals surface area contributed by atoms with E-state index in [-0.39, 0.29) is 0 Å². The second kappa shape index (κ2) is 4.81. The van der Waals surface area contributed by atoms with Crippen LogP contribution in [0.2, 0.25) is 0 Å². The first-order valence-corrected chi connectivity index (χ1v) is 5.26. The molecule has 0 aromatic carbocycles. The molecule has 0 spiro atoms. The van der Waals surface area contributed by atoms with Gasteiger partial charge in [-0.15, -0.1) is 0 Å². The lowest BCUT2D eigenvalue weighted by Gasteiger charge is -2.04. The van der Waals surface area contributed by atoms with E-state index in [2.05, 4.69) is 13.8 Å². The average Bonchev–Trinajstić information content (AvgIpc) is 1.72. The summed E-state index contributed by atoms with van der Waals surface area (Å²) in [7, 11) is 1.59. The predicted octanol–water partition coefficient (Wildman–Crippen LogP) is 0.282. The number of hydrogen-bond donors (Lipinski definition) is 0. The summed E-state index contributed by atoms with van der Waals surface area (Å²) < 4.78 is 6.89. The monoisotopic (exact) mass is 140 g/mol. The SMILES string of the molecule is CCS(CC)=[S-][OH2+].